The first kappa shape index (κ1) is 24.4. The molecule has 0 aliphatic carbocycles. The van der Waals surface area contributed by atoms with Gasteiger partial charge in [-0.25, -0.2) is 0 Å². The number of hydrogen-bond donors (Lipinski definition) is 1. The Morgan fingerprint density at radius 1 is 1.03 bits per heavy atom. The van der Waals surface area contributed by atoms with Crippen LogP contribution in [0.15, 0.2) is 65.6 Å². The molecule has 3 aliphatic heterocycles. The second kappa shape index (κ2) is 10.8. The highest BCUT2D eigenvalue weighted by atomic mass is 32.2. The van der Waals surface area contributed by atoms with E-state index in [0.29, 0.717) is 6.42 Å². The Morgan fingerprint density at radius 3 is 2.76 bits per heavy atom. The average Bonchev–Trinajstić information content (AvgIpc) is 3.53. The van der Waals surface area contributed by atoms with Crippen LogP contribution in [0.3, 0.4) is 0 Å². The first-order chi connectivity index (χ1) is 18.2. The van der Waals surface area contributed by atoms with E-state index in [1.54, 1.807) is 0 Å². The Bertz CT molecular complexity index is 1310. The molecule has 3 heterocycles. The molecule has 0 saturated carbocycles. The van der Waals surface area contributed by atoms with Gasteiger partial charge in [0.05, 0.1) is 13.3 Å². The number of anilines is 1. The molecule has 37 heavy (non-hydrogen) atoms. The quantitative estimate of drug-likeness (QED) is 0.365. The second-order valence-corrected chi connectivity index (χ2v) is 11.2. The zero-order valence-corrected chi connectivity index (χ0v) is 21.9. The van der Waals surface area contributed by atoms with Crippen LogP contribution >= 0.6 is 11.8 Å². The van der Waals surface area contributed by atoms with Crippen molar-refractivity contribution >= 4 is 28.6 Å². The molecule has 3 aliphatic rings. The summed E-state index contributed by atoms with van der Waals surface area (Å²) in [6.45, 7) is 3.16. The minimum atomic E-state index is -0.255. The average molecular weight is 517 g/mol. The van der Waals surface area contributed by atoms with E-state index in [9.17, 15) is 4.39 Å². The number of likely N-dealkylation sites (tertiary alicyclic amines) is 1. The summed E-state index contributed by atoms with van der Waals surface area (Å²) < 4.78 is 24.6. The third-order valence-electron chi connectivity index (χ3n) is 7.51. The lowest BCUT2D eigenvalue weighted by molar-refractivity contribution is 0.198. The molecule has 3 aromatic carbocycles. The van der Waals surface area contributed by atoms with Gasteiger partial charge >= 0.3 is 0 Å². The van der Waals surface area contributed by atoms with Crippen LogP contribution < -0.4 is 15.2 Å². The molecule has 1 atom stereocenters. The minimum absolute atomic E-state index is 0.159. The van der Waals surface area contributed by atoms with E-state index in [4.69, 9.17) is 15.2 Å². The normalized spacial score (nSPS) is 19.3. The first-order valence-electron chi connectivity index (χ1n) is 13.3. The zero-order valence-electron chi connectivity index (χ0n) is 21.0. The predicted octanol–water partition coefficient (Wildman–Crippen LogP) is 6.47. The lowest BCUT2D eigenvalue weighted by Gasteiger charge is -2.19. The summed E-state index contributed by atoms with van der Waals surface area (Å²) >= 11 is 1.88. The summed E-state index contributed by atoms with van der Waals surface area (Å²) in [6, 6.07) is 21.5. The number of halogens is 1. The molecular formula is C31H33FN2O2S. The minimum Gasteiger partial charge on any atom is -0.493 e. The van der Waals surface area contributed by atoms with E-state index in [0.717, 1.165) is 68.4 Å². The molecule has 1 saturated heterocycles. The SMILES string of the molecule is Nc1ccc2c(c1)SCCC(c1ccc3c(c1)CCO3)=C2c1ccc(O[C@H]2CCN(CCCF)C2)cc1. The van der Waals surface area contributed by atoms with Gasteiger partial charge in [0, 0.05) is 42.4 Å². The number of rotatable bonds is 7. The summed E-state index contributed by atoms with van der Waals surface area (Å²) in [5.74, 6) is 2.90. The topological polar surface area (TPSA) is 47.7 Å². The summed E-state index contributed by atoms with van der Waals surface area (Å²) in [5, 5.41) is 0. The molecule has 0 spiro atoms. The lowest BCUT2D eigenvalue weighted by atomic mass is 9.87. The molecule has 3 aromatic rings. The van der Waals surface area contributed by atoms with Gasteiger partial charge < -0.3 is 15.2 Å². The van der Waals surface area contributed by atoms with Crippen molar-refractivity contribution in [2.75, 3.05) is 44.4 Å². The maximum Gasteiger partial charge on any atom is 0.122 e. The van der Waals surface area contributed by atoms with Crippen LogP contribution in [-0.2, 0) is 6.42 Å². The number of benzene rings is 3. The standard InChI is InChI=1S/C31H33FN2O2S/c32-13-1-14-34-15-10-26(20-34)36-25-6-2-21(3-7-25)31-27(22-4-9-29-23(18-22)11-16-35-29)12-17-37-30-19-24(33)5-8-28(30)31/h2-9,18-19,26H,1,10-17,20,33H2/t26-/m0/s1. The van der Waals surface area contributed by atoms with Gasteiger partial charge in [0.1, 0.15) is 17.6 Å². The number of fused-ring (bicyclic) bond motifs is 2. The van der Waals surface area contributed by atoms with Gasteiger partial charge in [-0.3, -0.25) is 9.29 Å². The van der Waals surface area contributed by atoms with Crippen molar-refractivity contribution in [3.8, 4) is 11.5 Å². The molecule has 0 bridgehead atoms. The lowest BCUT2D eigenvalue weighted by Crippen LogP contribution is -2.26. The van der Waals surface area contributed by atoms with Crippen molar-refractivity contribution in [3.05, 3.63) is 82.9 Å². The van der Waals surface area contributed by atoms with Crippen LogP contribution in [0, 0.1) is 0 Å². The number of alkyl halides is 1. The van der Waals surface area contributed by atoms with Gasteiger partial charge in [0.15, 0.2) is 0 Å². The largest absolute Gasteiger partial charge is 0.493 e. The van der Waals surface area contributed by atoms with Gasteiger partial charge in [0.25, 0.3) is 0 Å². The fourth-order valence-corrected chi connectivity index (χ4v) is 6.75. The third-order valence-corrected chi connectivity index (χ3v) is 8.56. The monoisotopic (exact) mass is 516 g/mol. The Balaban J connectivity index is 1.33. The van der Waals surface area contributed by atoms with Gasteiger partial charge in [-0.2, -0.15) is 0 Å². The highest BCUT2D eigenvalue weighted by Crippen LogP contribution is 2.44. The smallest absolute Gasteiger partial charge is 0.122 e. The van der Waals surface area contributed by atoms with E-state index >= 15 is 0 Å². The summed E-state index contributed by atoms with van der Waals surface area (Å²) in [4.78, 5) is 3.53. The van der Waals surface area contributed by atoms with Crippen molar-refractivity contribution in [1.29, 1.82) is 0 Å². The molecule has 192 valence electrons. The summed E-state index contributed by atoms with van der Waals surface area (Å²) in [6.07, 6.45) is 3.68. The molecule has 0 amide bonds. The molecule has 2 N–H and O–H groups in total. The van der Waals surface area contributed by atoms with Gasteiger partial charge in [-0.15, -0.1) is 11.8 Å². The first-order valence-corrected chi connectivity index (χ1v) is 14.2. The molecular weight excluding hydrogens is 483 g/mol. The predicted molar refractivity (Wildman–Crippen MR) is 150 cm³/mol. The number of nitrogens with zero attached hydrogens (tertiary/aromatic N) is 1. The van der Waals surface area contributed by atoms with Crippen LogP contribution in [0.1, 0.15) is 41.5 Å². The highest BCUT2D eigenvalue weighted by molar-refractivity contribution is 7.99. The number of nitrogen functional groups attached to an aromatic ring is 1. The van der Waals surface area contributed by atoms with E-state index in [-0.39, 0.29) is 12.8 Å². The van der Waals surface area contributed by atoms with Gasteiger partial charge in [-0.1, -0.05) is 24.3 Å². The van der Waals surface area contributed by atoms with E-state index in [1.807, 2.05) is 17.8 Å². The molecule has 6 rings (SSSR count). The van der Waals surface area contributed by atoms with Crippen molar-refractivity contribution in [1.82, 2.24) is 4.90 Å². The Labute approximate surface area is 222 Å². The molecule has 4 nitrogen and oxygen atoms in total. The number of allylic oxidation sites excluding steroid dienone is 1. The van der Waals surface area contributed by atoms with Crippen LogP contribution in [0.25, 0.3) is 11.1 Å². The fraction of sp³-hybridized carbons (Fsp3) is 0.355. The number of ether oxygens (including phenoxy) is 2. The van der Waals surface area contributed by atoms with Crippen molar-refractivity contribution in [2.45, 2.75) is 36.7 Å². The number of hydrogen-bond acceptors (Lipinski definition) is 5. The van der Waals surface area contributed by atoms with Gasteiger partial charge in [0.2, 0.25) is 0 Å². The van der Waals surface area contributed by atoms with Crippen LogP contribution in [0.2, 0.25) is 0 Å². The molecule has 6 heteroatoms. The second-order valence-electron chi connectivity index (χ2n) is 10.0. The highest BCUT2D eigenvalue weighted by Gasteiger charge is 2.25. The third kappa shape index (κ3) is 5.23. The van der Waals surface area contributed by atoms with Crippen LogP contribution in [-0.4, -0.2) is 49.7 Å². The van der Waals surface area contributed by atoms with E-state index in [2.05, 4.69) is 59.5 Å². The van der Waals surface area contributed by atoms with Crippen molar-refractivity contribution in [2.24, 2.45) is 0 Å². The maximum absolute atomic E-state index is 12.5. The van der Waals surface area contributed by atoms with Crippen molar-refractivity contribution < 1.29 is 13.9 Å². The van der Waals surface area contributed by atoms with Crippen LogP contribution in [0.5, 0.6) is 11.5 Å². The van der Waals surface area contributed by atoms with E-state index < -0.39 is 0 Å². The summed E-state index contributed by atoms with van der Waals surface area (Å²) in [5.41, 5.74) is 14.6. The van der Waals surface area contributed by atoms with Crippen LogP contribution in [0.4, 0.5) is 10.1 Å². The zero-order chi connectivity index (χ0) is 25.2. The Hall–Kier alpha value is -2.96. The molecule has 0 unspecified atom stereocenters. The summed E-state index contributed by atoms with van der Waals surface area (Å²) in [7, 11) is 0. The molecule has 0 aromatic heterocycles. The molecule has 1 fully saturated rings. The number of thioether (sulfide) groups is 1. The maximum atomic E-state index is 12.5. The molecule has 0 radical (unpaired) electrons. The Kier molecular flexibility index (Phi) is 7.12. The number of nitrogens with two attached hydrogens (primary N) is 1. The van der Waals surface area contributed by atoms with Gasteiger partial charge in [-0.05, 0) is 89.1 Å². The van der Waals surface area contributed by atoms with Crippen molar-refractivity contribution in [3.63, 3.8) is 0 Å². The fourth-order valence-electron chi connectivity index (χ4n) is 5.68. The Morgan fingerprint density at radius 2 is 1.89 bits per heavy atom. The van der Waals surface area contributed by atoms with E-state index in [1.165, 1.54) is 38.3 Å².